The van der Waals surface area contributed by atoms with Gasteiger partial charge in [0.25, 0.3) is 46.3 Å². The van der Waals surface area contributed by atoms with Gasteiger partial charge in [-0.15, -0.1) is 0 Å². The molecule has 196 valence electrons. The van der Waals surface area contributed by atoms with Crippen LogP contribution in [0.15, 0.2) is 0 Å². The molecule has 0 bridgehead atoms. The zero-order chi connectivity index (χ0) is 26.5. The highest BCUT2D eigenvalue weighted by Gasteiger charge is 2.84. The summed E-state index contributed by atoms with van der Waals surface area (Å²) in [5, 5.41) is 177. The van der Waals surface area contributed by atoms with E-state index in [1.54, 1.807) is 0 Å². The van der Waals surface area contributed by atoms with Gasteiger partial charge in [0, 0.05) is 0 Å². The van der Waals surface area contributed by atoms with Gasteiger partial charge in [0.1, 0.15) is 0 Å². The van der Waals surface area contributed by atoms with E-state index in [9.17, 15) is 91.9 Å². The molecule has 0 aromatic rings. The van der Waals surface area contributed by atoms with Crippen LogP contribution in [0.25, 0.3) is 0 Å². The number of aliphatic hydroxyl groups is 18. The van der Waals surface area contributed by atoms with Crippen LogP contribution >= 0.6 is 0 Å². The van der Waals surface area contributed by atoms with Gasteiger partial charge in [-0.25, -0.2) is 0 Å². The Morgan fingerprint density at radius 2 is 0.576 bits per heavy atom. The Kier molecular flexibility index (Phi) is 5.93. The van der Waals surface area contributed by atoms with E-state index in [-0.39, 0.29) is 0 Å². The fraction of sp³-hybridized carbons (Fsp3) is 1.00. The molecule has 2 unspecified atom stereocenters. The van der Waals surface area contributed by atoms with E-state index in [0.717, 1.165) is 0 Å². The summed E-state index contributed by atoms with van der Waals surface area (Å²) < 4.78 is 0. The number of hydrogen-bond donors (Lipinski definition) is 18. The van der Waals surface area contributed by atoms with Crippen molar-refractivity contribution in [1.29, 1.82) is 0 Å². The predicted molar refractivity (Wildman–Crippen MR) is 79.7 cm³/mol. The van der Waals surface area contributed by atoms with Crippen LogP contribution in [-0.4, -0.2) is 150 Å². The lowest BCUT2D eigenvalue weighted by Crippen LogP contribution is -2.87. The van der Waals surface area contributed by atoms with Gasteiger partial charge >= 0.3 is 0 Å². The first kappa shape index (κ1) is 28.4. The SMILES string of the molecule is OC1(O)CC(O)(OOOC2(O)CC(O)(O)C(O)(O)C(O)(O)C2(O)O)C(O)(O)C(O)(O)C1(O)O. The van der Waals surface area contributed by atoms with E-state index in [2.05, 4.69) is 14.8 Å². The molecule has 21 nitrogen and oxygen atoms in total. The van der Waals surface area contributed by atoms with Crippen LogP contribution < -0.4 is 0 Å². The fourth-order valence-electron chi connectivity index (χ4n) is 3.06. The monoisotopic (exact) mass is 502 g/mol. The molecule has 18 N–H and O–H groups in total. The molecule has 0 radical (unpaired) electrons. The van der Waals surface area contributed by atoms with Crippen molar-refractivity contribution in [3.63, 3.8) is 0 Å². The Hall–Kier alpha value is -0.840. The lowest BCUT2D eigenvalue weighted by Gasteiger charge is -2.57. The molecule has 2 saturated carbocycles. The van der Waals surface area contributed by atoms with Gasteiger partial charge in [-0.3, -0.25) is 0 Å². The van der Waals surface area contributed by atoms with Gasteiger partial charge in [0.05, 0.1) is 12.8 Å². The van der Waals surface area contributed by atoms with E-state index in [0.29, 0.717) is 0 Å². The Morgan fingerprint density at radius 1 is 0.333 bits per heavy atom. The van der Waals surface area contributed by atoms with Crippen LogP contribution in [0.4, 0.5) is 0 Å². The van der Waals surface area contributed by atoms with Crippen LogP contribution in [0.1, 0.15) is 12.8 Å². The predicted octanol–water partition coefficient (Wildman–Crippen LogP) is -11.5. The average molecular weight is 502 g/mol. The molecule has 2 atom stereocenters. The molecular weight excluding hydrogens is 480 g/mol. The number of hydrogen-bond acceptors (Lipinski definition) is 21. The molecule has 0 spiro atoms. The standard InChI is InChI=1S/C12H22O21/c13-3(14)1-5(17,9(23,24)11(27,28)7(3,19)20)31-33-32-6(18)2-4(15,16)8(21,22)12(29,30)10(6,25)26/h13-30H,1-2H2. The summed E-state index contributed by atoms with van der Waals surface area (Å²) in [5.74, 6) is -45.8. The molecule has 0 aromatic heterocycles. The lowest BCUT2D eigenvalue weighted by molar-refractivity contribution is -0.689. The Balaban J connectivity index is 2.37. The molecule has 0 heterocycles. The highest BCUT2D eigenvalue weighted by atomic mass is 17.5. The summed E-state index contributed by atoms with van der Waals surface area (Å²) >= 11 is 0. The third-order valence-corrected chi connectivity index (χ3v) is 5.47. The summed E-state index contributed by atoms with van der Waals surface area (Å²) in [4.78, 5) is 7.47. The quantitative estimate of drug-likeness (QED) is 0.0962. The second-order valence-electron chi connectivity index (χ2n) is 7.82. The van der Waals surface area contributed by atoms with Crippen molar-refractivity contribution in [3.8, 4) is 0 Å². The molecule has 0 aromatic carbocycles. The van der Waals surface area contributed by atoms with E-state index >= 15 is 0 Å². The molecule has 0 saturated heterocycles. The smallest absolute Gasteiger partial charge is 0.285 e. The average Bonchev–Trinajstić information content (AvgIpc) is 2.57. The molecule has 0 amide bonds. The van der Waals surface area contributed by atoms with E-state index < -0.39 is 70.7 Å². The first-order chi connectivity index (χ1) is 14.1. The molecule has 2 rings (SSSR count). The van der Waals surface area contributed by atoms with Gasteiger partial charge in [0.2, 0.25) is 11.6 Å². The molecule has 2 fully saturated rings. The van der Waals surface area contributed by atoms with Crippen molar-refractivity contribution in [1.82, 2.24) is 0 Å². The van der Waals surface area contributed by atoms with Gasteiger partial charge in [-0.1, -0.05) is 5.04 Å². The minimum absolute atomic E-state index is 2.24. The third-order valence-electron chi connectivity index (χ3n) is 5.47. The summed E-state index contributed by atoms with van der Waals surface area (Å²) in [5.41, 5.74) is 0. The van der Waals surface area contributed by atoms with E-state index in [1.807, 2.05) is 0 Å². The van der Waals surface area contributed by atoms with Crippen molar-refractivity contribution in [2.24, 2.45) is 0 Å². The van der Waals surface area contributed by atoms with Crippen LogP contribution in [0.2, 0.25) is 0 Å². The van der Waals surface area contributed by atoms with Crippen molar-refractivity contribution in [3.05, 3.63) is 0 Å². The molecule has 0 aliphatic heterocycles. The van der Waals surface area contributed by atoms with E-state index in [4.69, 9.17) is 0 Å². The van der Waals surface area contributed by atoms with Crippen molar-refractivity contribution in [2.75, 3.05) is 0 Å². The second kappa shape index (κ2) is 6.89. The topological polar surface area (TPSA) is 392 Å². The zero-order valence-corrected chi connectivity index (χ0v) is 15.7. The van der Waals surface area contributed by atoms with Crippen LogP contribution in [0.3, 0.4) is 0 Å². The van der Waals surface area contributed by atoms with Gasteiger partial charge in [-0.2, -0.15) is 9.78 Å². The summed E-state index contributed by atoms with van der Waals surface area (Å²) in [6.07, 6.45) is -4.48. The number of rotatable bonds is 4. The second-order valence-corrected chi connectivity index (χ2v) is 7.82. The highest BCUT2D eigenvalue weighted by Crippen LogP contribution is 2.52. The first-order valence-electron chi connectivity index (χ1n) is 8.18. The van der Waals surface area contributed by atoms with Crippen LogP contribution in [-0.2, 0) is 14.8 Å². The molecular formula is C12H22O21. The first-order valence-corrected chi connectivity index (χ1v) is 8.18. The minimum Gasteiger partial charge on any atom is -0.361 e. The van der Waals surface area contributed by atoms with Crippen molar-refractivity contribution in [2.45, 2.75) is 70.7 Å². The van der Waals surface area contributed by atoms with Crippen LogP contribution in [0, 0.1) is 0 Å². The van der Waals surface area contributed by atoms with Gasteiger partial charge in [-0.05, 0) is 0 Å². The Bertz CT molecular complexity index is 718. The maximum Gasteiger partial charge on any atom is 0.285 e. The summed E-state index contributed by atoms with van der Waals surface area (Å²) in [6.45, 7) is 0. The fourth-order valence-corrected chi connectivity index (χ4v) is 3.06. The normalized spacial score (nSPS) is 39.1. The van der Waals surface area contributed by atoms with Crippen molar-refractivity contribution < 1.29 is 107 Å². The van der Waals surface area contributed by atoms with E-state index in [1.165, 1.54) is 0 Å². The summed E-state index contributed by atoms with van der Waals surface area (Å²) in [6, 6.07) is 0. The summed E-state index contributed by atoms with van der Waals surface area (Å²) in [7, 11) is 0. The zero-order valence-electron chi connectivity index (χ0n) is 15.7. The molecule has 2 aliphatic rings. The lowest BCUT2D eigenvalue weighted by atomic mass is 9.74. The maximum atomic E-state index is 10.1. The molecule has 21 heteroatoms. The van der Waals surface area contributed by atoms with Gasteiger partial charge < -0.3 is 91.9 Å². The van der Waals surface area contributed by atoms with Gasteiger partial charge in [0.15, 0.2) is 0 Å². The van der Waals surface area contributed by atoms with Crippen molar-refractivity contribution >= 4 is 0 Å². The van der Waals surface area contributed by atoms with Crippen LogP contribution in [0.5, 0.6) is 0 Å². The Morgan fingerprint density at radius 3 is 0.818 bits per heavy atom. The minimum atomic E-state index is -4.90. The highest BCUT2D eigenvalue weighted by molar-refractivity contribution is 5.14. The maximum absolute atomic E-state index is 10.1. The molecule has 33 heavy (non-hydrogen) atoms. The molecule has 2 aliphatic carbocycles. The third kappa shape index (κ3) is 3.19. The largest absolute Gasteiger partial charge is 0.361 e. The Labute approximate surface area is 178 Å².